The number of aromatic hydroxyl groups is 1. The first-order chi connectivity index (χ1) is 15.8. The fourth-order valence-electron chi connectivity index (χ4n) is 3.34. The summed E-state index contributed by atoms with van der Waals surface area (Å²) in [5.74, 6) is 1.73. The number of ether oxygens (including phenoxy) is 2. The summed E-state index contributed by atoms with van der Waals surface area (Å²) in [5, 5.41) is 9.95. The predicted molar refractivity (Wildman–Crippen MR) is 129 cm³/mol. The molecule has 4 aromatic rings. The normalized spacial score (nSPS) is 10.9. The molecule has 0 spiro atoms. The molecule has 0 aromatic heterocycles. The minimum atomic E-state index is 0.314. The number of phenols is 1. The molecule has 4 rings (SSSR count). The molecular formula is C29H26O3. The van der Waals surface area contributed by atoms with Gasteiger partial charge in [0, 0.05) is 0 Å². The van der Waals surface area contributed by atoms with Crippen molar-refractivity contribution in [1.82, 2.24) is 0 Å². The summed E-state index contributed by atoms with van der Waals surface area (Å²) in [7, 11) is 0. The van der Waals surface area contributed by atoms with Gasteiger partial charge in [-0.3, -0.25) is 0 Å². The highest BCUT2D eigenvalue weighted by molar-refractivity contribution is 5.56. The van der Waals surface area contributed by atoms with E-state index < -0.39 is 0 Å². The lowest BCUT2D eigenvalue weighted by Gasteiger charge is -2.14. The lowest BCUT2D eigenvalue weighted by Crippen LogP contribution is -2.01. The van der Waals surface area contributed by atoms with Crippen molar-refractivity contribution in [2.45, 2.75) is 19.6 Å². The molecule has 0 aliphatic carbocycles. The summed E-state index contributed by atoms with van der Waals surface area (Å²) in [6.07, 6.45) is 4.72. The molecule has 0 radical (unpaired) electrons. The van der Waals surface area contributed by atoms with Crippen LogP contribution >= 0.6 is 0 Å². The number of phenolic OH excluding ortho intramolecular Hbond substituents is 1. The van der Waals surface area contributed by atoms with Crippen LogP contribution in [0.2, 0.25) is 0 Å². The van der Waals surface area contributed by atoms with E-state index in [0.29, 0.717) is 36.9 Å². The molecule has 0 unspecified atom stereocenters. The van der Waals surface area contributed by atoms with Crippen LogP contribution in [0.1, 0.15) is 22.3 Å². The first-order valence-electron chi connectivity index (χ1n) is 10.7. The molecule has 0 bridgehead atoms. The average molecular weight is 423 g/mol. The maximum absolute atomic E-state index is 9.95. The summed E-state index contributed by atoms with van der Waals surface area (Å²) in [6.45, 7) is 0.943. The Bertz CT molecular complexity index is 1150. The van der Waals surface area contributed by atoms with E-state index in [2.05, 4.69) is 0 Å². The van der Waals surface area contributed by atoms with E-state index >= 15 is 0 Å². The van der Waals surface area contributed by atoms with Crippen LogP contribution in [0.3, 0.4) is 0 Å². The van der Waals surface area contributed by atoms with Crippen LogP contribution in [-0.4, -0.2) is 5.11 Å². The van der Waals surface area contributed by atoms with E-state index in [1.807, 2.05) is 109 Å². The molecular weight excluding hydrogens is 396 g/mol. The lowest BCUT2D eigenvalue weighted by atomic mass is 10.1. The van der Waals surface area contributed by atoms with Gasteiger partial charge < -0.3 is 14.6 Å². The second-order valence-electron chi connectivity index (χ2n) is 7.49. The number of hydrogen-bond acceptors (Lipinski definition) is 3. The van der Waals surface area contributed by atoms with E-state index in [1.54, 1.807) is 6.07 Å². The molecule has 3 heteroatoms. The Morgan fingerprint density at radius 2 is 1.22 bits per heavy atom. The van der Waals surface area contributed by atoms with E-state index in [1.165, 1.54) is 0 Å². The molecule has 3 nitrogen and oxygen atoms in total. The number of benzene rings is 4. The van der Waals surface area contributed by atoms with Gasteiger partial charge in [-0.05, 0) is 46.9 Å². The smallest absolute Gasteiger partial charge is 0.162 e. The fraction of sp³-hybridized carbons (Fsp3) is 0.103. The van der Waals surface area contributed by atoms with Gasteiger partial charge in [0.05, 0.1) is 0 Å². The van der Waals surface area contributed by atoms with Gasteiger partial charge in [-0.1, -0.05) is 97.1 Å². The van der Waals surface area contributed by atoms with Gasteiger partial charge >= 0.3 is 0 Å². The summed E-state index contributed by atoms with van der Waals surface area (Å²) in [6, 6.07) is 33.5. The highest BCUT2D eigenvalue weighted by Crippen LogP contribution is 2.31. The van der Waals surface area contributed by atoms with Crippen molar-refractivity contribution in [3.8, 4) is 17.2 Å². The molecule has 32 heavy (non-hydrogen) atoms. The topological polar surface area (TPSA) is 38.7 Å². The van der Waals surface area contributed by atoms with Crippen molar-refractivity contribution in [3.63, 3.8) is 0 Å². The van der Waals surface area contributed by atoms with Crippen LogP contribution in [0, 0.1) is 0 Å². The minimum Gasteiger partial charge on any atom is -0.508 e. The van der Waals surface area contributed by atoms with Gasteiger partial charge in [0.2, 0.25) is 0 Å². The SMILES string of the molecule is Oc1ccccc1C/C=C/c1ccc(OCc2ccccc2)c(OCc2ccccc2)c1. The molecule has 4 aromatic carbocycles. The first kappa shape index (κ1) is 21.3. The molecule has 160 valence electrons. The Labute approximate surface area is 189 Å². The summed E-state index contributed by atoms with van der Waals surface area (Å²) >= 11 is 0. The Morgan fingerprint density at radius 3 is 1.88 bits per heavy atom. The molecule has 0 amide bonds. The van der Waals surface area contributed by atoms with Crippen molar-refractivity contribution in [2.75, 3.05) is 0 Å². The largest absolute Gasteiger partial charge is 0.508 e. The Kier molecular flexibility index (Phi) is 7.22. The predicted octanol–water partition coefficient (Wildman–Crippen LogP) is 6.81. The van der Waals surface area contributed by atoms with Crippen molar-refractivity contribution in [3.05, 3.63) is 131 Å². The number of rotatable bonds is 9. The zero-order chi connectivity index (χ0) is 22.0. The first-order valence-corrected chi connectivity index (χ1v) is 10.7. The Hall–Kier alpha value is -3.98. The molecule has 0 fully saturated rings. The zero-order valence-electron chi connectivity index (χ0n) is 17.9. The standard InChI is InChI=1S/C29H26O3/c30-27-17-8-7-15-26(27)16-9-14-23-18-19-28(31-21-24-10-3-1-4-11-24)29(20-23)32-22-25-12-5-2-6-13-25/h1-15,17-20,30H,16,21-22H2/b14-9+. The lowest BCUT2D eigenvalue weighted by molar-refractivity contribution is 0.256. The van der Waals surface area contributed by atoms with Crippen LogP contribution < -0.4 is 9.47 Å². The molecule has 0 aliphatic rings. The van der Waals surface area contributed by atoms with Gasteiger partial charge in [0.25, 0.3) is 0 Å². The van der Waals surface area contributed by atoms with Gasteiger partial charge in [0.1, 0.15) is 19.0 Å². The van der Waals surface area contributed by atoms with Crippen molar-refractivity contribution in [1.29, 1.82) is 0 Å². The average Bonchev–Trinajstić information content (AvgIpc) is 2.84. The third-order valence-electron chi connectivity index (χ3n) is 5.08. The Morgan fingerprint density at radius 1 is 0.625 bits per heavy atom. The molecule has 0 atom stereocenters. The van der Waals surface area contributed by atoms with Crippen molar-refractivity contribution >= 4 is 6.08 Å². The molecule has 1 N–H and O–H groups in total. The molecule has 0 aliphatic heterocycles. The van der Waals surface area contributed by atoms with Crippen LogP contribution in [0.5, 0.6) is 17.2 Å². The van der Waals surface area contributed by atoms with Gasteiger partial charge in [-0.15, -0.1) is 0 Å². The van der Waals surface area contributed by atoms with Crippen LogP contribution in [0.15, 0.2) is 109 Å². The number of para-hydroxylation sites is 1. The van der Waals surface area contributed by atoms with Crippen molar-refractivity contribution < 1.29 is 14.6 Å². The van der Waals surface area contributed by atoms with E-state index in [-0.39, 0.29) is 0 Å². The third kappa shape index (κ3) is 6.02. The van der Waals surface area contributed by atoms with Gasteiger partial charge in [-0.25, -0.2) is 0 Å². The molecule has 0 saturated carbocycles. The summed E-state index contributed by atoms with van der Waals surface area (Å²) in [4.78, 5) is 0. The highest BCUT2D eigenvalue weighted by atomic mass is 16.5. The molecule has 0 saturated heterocycles. The third-order valence-corrected chi connectivity index (χ3v) is 5.08. The monoisotopic (exact) mass is 422 g/mol. The van der Waals surface area contributed by atoms with Crippen LogP contribution in [0.25, 0.3) is 6.08 Å². The summed E-state index contributed by atoms with van der Waals surface area (Å²) < 4.78 is 12.2. The van der Waals surface area contributed by atoms with E-state index in [9.17, 15) is 5.11 Å². The van der Waals surface area contributed by atoms with Crippen molar-refractivity contribution in [2.24, 2.45) is 0 Å². The van der Waals surface area contributed by atoms with E-state index in [4.69, 9.17) is 9.47 Å². The maximum atomic E-state index is 9.95. The second kappa shape index (κ2) is 10.9. The van der Waals surface area contributed by atoms with E-state index in [0.717, 1.165) is 22.3 Å². The van der Waals surface area contributed by atoms with Gasteiger partial charge in [0.15, 0.2) is 11.5 Å². The Balaban J connectivity index is 1.49. The number of hydrogen-bond donors (Lipinski definition) is 1. The fourth-order valence-corrected chi connectivity index (χ4v) is 3.34. The quantitative estimate of drug-likeness (QED) is 0.322. The van der Waals surface area contributed by atoms with Crippen LogP contribution in [0.4, 0.5) is 0 Å². The maximum Gasteiger partial charge on any atom is 0.162 e. The molecule has 0 heterocycles. The van der Waals surface area contributed by atoms with Gasteiger partial charge in [-0.2, -0.15) is 0 Å². The summed E-state index contributed by atoms with van der Waals surface area (Å²) in [5.41, 5.74) is 4.11. The number of allylic oxidation sites excluding steroid dienone is 1. The second-order valence-corrected chi connectivity index (χ2v) is 7.49. The highest BCUT2D eigenvalue weighted by Gasteiger charge is 2.08. The van der Waals surface area contributed by atoms with Crippen LogP contribution in [-0.2, 0) is 19.6 Å². The zero-order valence-corrected chi connectivity index (χ0v) is 17.9. The minimum absolute atomic E-state index is 0.314.